The van der Waals surface area contributed by atoms with Gasteiger partial charge in [0.25, 0.3) is 5.91 Å². The summed E-state index contributed by atoms with van der Waals surface area (Å²) in [6, 6.07) is 5.46. The monoisotopic (exact) mass is 437 g/mol. The third-order valence-corrected chi connectivity index (χ3v) is 5.07. The number of aromatic nitrogens is 1. The van der Waals surface area contributed by atoms with Gasteiger partial charge in [-0.25, -0.2) is 4.39 Å². The van der Waals surface area contributed by atoms with E-state index < -0.39 is 34.6 Å². The van der Waals surface area contributed by atoms with E-state index in [0.29, 0.717) is 6.07 Å². The number of pyridine rings is 1. The first-order chi connectivity index (χ1) is 13.9. The van der Waals surface area contributed by atoms with E-state index >= 15 is 0 Å². The van der Waals surface area contributed by atoms with Crippen LogP contribution in [-0.2, 0) is 17.5 Å². The van der Waals surface area contributed by atoms with Gasteiger partial charge in [-0.05, 0) is 44.3 Å². The number of nitrogens with two attached hydrogens (primary N) is 1. The maximum absolute atomic E-state index is 14.2. The van der Waals surface area contributed by atoms with E-state index in [1.807, 2.05) is 0 Å². The summed E-state index contributed by atoms with van der Waals surface area (Å²) in [6.07, 6.45) is -3.51. The lowest BCUT2D eigenvalue weighted by Gasteiger charge is -2.29. The van der Waals surface area contributed by atoms with Crippen LogP contribution in [0.3, 0.4) is 0 Å². The van der Waals surface area contributed by atoms with E-state index in [0.717, 1.165) is 17.0 Å². The number of hydrogen-bond donors (Lipinski definition) is 1. The standard InChI is InChI=1S/C19H15F4N5OS/c1-18(2)16(29)27(11-4-3-10(7-24)13(5-11)19(21,22)23)17(30)28(18)12-6-14(20)15(8-25)26-9-12/h3-6,9H,8,25H2,1-2H3. The maximum Gasteiger partial charge on any atom is 0.417 e. The van der Waals surface area contributed by atoms with Crippen LogP contribution in [-0.4, -0.2) is 21.5 Å². The molecule has 30 heavy (non-hydrogen) atoms. The van der Waals surface area contributed by atoms with Gasteiger partial charge in [-0.3, -0.25) is 14.7 Å². The van der Waals surface area contributed by atoms with Crippen molar-refractivity contribution < 1.29 is 22.4 Å². The largest absolute Gasteiger partial charge is 0.417 e. The number of nitriles is 1. The van der Waals surface area contributed by atoms with Gasteiger partial charge >= 0.3 is 6.18 Å². The molecule has 2 heterocycles. The average molecular weight is 437 g/mol. The van der Waals surface area contributed by atoms with Crippen molar-refractivity contribution in [2.45, 2.75) is 32.1 Å². The minimum Gasteiger partial charge on any atom is -0.325 e. The Morgan fingerprint density at radius 1 is 1.27 bits per heavy atom. The number of rotatable bonds is 3. The number of amides is 1. The average Bonchev–Trinajstić information content (AvgIpc) is 2.85. The Balaban J connectivity index is 2.11. The first-order valence-corrected chi connectivity index (χ1v) is 8.99. The number of carbonyl (C=O) groups excluding carboxylic acids is 1. The summed E-state index contributed by atoms with van der Waals surface area (Å²) in [4.78, 5) is 19.2. The highest BCUT2D eigenvalue weighted by Gasteiger charge is 2.51. The Hall–Kier alpha value is -3.10. The van der Waals surface area contributed by atoms with Crippen molar-refractivity contribution in [3.63, 3.8) is 0 Å². The molecule has 0 bridgehead atoms. The van der Waals surface area contributed by atoms with Crippen LogP contribution in [0.4, 0.5) is 28.9 Å². The fraction of sp³-hybridized carbons (Fsp3) is 0.263. The smallest absolute Gasteiger partial charge is 0.325 e. The number of benzene rings is 1. The Labute approximate surface area is 174 Å². The van der Waals surface area contributed by atoms with Crippen molar-refractivity contribution in [2.75, 3.05) is 9.80 Å². The quantitative estimate of drug-likeness (QED) is 0.585. The second-order valence-electron chi connectivity index (χ2n) is 6.98. The molecule has 3 rings (SSSR count). The van der Waals surface area contributed by atoms with Crippen molar-refractivity contribution in [3.05, 3.63) is 53.1 Å². The summed E-state index contributed by atoms with van der Waals surface area (Å²) in [5, 5.41) is 8.82. The zero-order valence-electron chi connectivity index (χ0n) is 15.8. The van der Waals surface area contributed by atoms with Gasteiger partial charge in [-0.1, -0.05) is 0 Å². The maximum atomic E-state index is 14.2. The molecule has 1 aromatic heterocycles. The second-order valence-corrected chi connectivity index (χ2v) is 7.35. The van der Waals surface area contributed by atoms with Crippen LogP contribution in [0.15, 0.2) is 30.5 Å². The van der Waals surface area contributed by atoms with E-state index in [4.69, 9.17) is 23.2 Å². The van der Waals surface area contributed by atoms with Gasteiger partial charge in [-0.15, -0.1) is 0 Å². The molecule has 0 atom stereocenters. The predicted molar refractivity (Wildman–Crippen MR) is 105 cm³/mol. The lowest BCUT2D eigenvalue weighted by molar-refractivity contribution is -0.137. The van der Waals surface area contributed by atoms with Gasteiger partial charge in [0.1, 0.15) is 11.4 Å². The number of anilines is 2. The Morgan fingerprint density at radius 2 is 1.93 bits per heavy atom. The summed E-state index contributed by atoms with van der Waals surface area (Å²) >= 11 is 5.36. The van der Waals surface area contributed by atoms with E-state index in [2.05, 4.69) is 4.98 Å². The fourth-order valence-electron chi connectivity index (χ4n) is 3.19. The van der Waals surface area contributed by atoms with Gasteiger partial charge in [0.05, 0.1) is 40.5 Å². The SMILES string of the molecule is CC1(C)C(=O)N(c2ccc(C#N)c(C(F)(F)F)c2)C(=S)N1c1cnc(CN)c(F)c1. The first-order valence-electron chi connectivity index (χ1n) is 8.58. The molecule has 1 amide bonds. The third-order valence-electron chi connectivity index (χ3n) is 4.71. The highest BCUT2D eigenvalue weighted by molar-refractivity contribution is 7.81. The molecule has 6 nitrogen and oxygen atoms in total. The van der Waals surface area contributed by atoms with Crippen molar-refractivity contribution in [1.82, 2.24) is 4.98 Å². The number of hydrogen-bond acceptors (Lipinski definition) is 5. The summed E-state index contributed by atoms with van der Waals surface area (Å²) in [7, 11) is 0. The lowest BCUT2D eigenvalue weighted by Crippen LogP contribution is -2.44. The van der Waals surface area contributed by atoms with Crippen molar-refractivity contribution >= 4 is 34.6 Å². The van der Waals surface area contributed by atoms with Crippen LogP contribution in [0.5, 0.6) is 0 Å². The fourth-order valence-corrected chi connectivity index (χ4v) is 3.71. The van der Waals surface area contributed by atoms with Gasteiger partial charge in [0.2, 0.25) is 0 Å². The summed E-state index contributed by atoms with van der Waals surface area (Å²) in [6.45, 7) is 2.88. The number of nitrogens with zero attached hydrogens (tertiary/aromatic N) is 4. The summed E-state index contributed by atoms with van der Waals surface area (Å²) < 4.78 is 54.2. The zero-order chi connectivity index (χ0) is 22.4. The molecule has 0 spiro atoms. The van der Waals surface area contributed by atoms with Gasteiger partial charge in [0, 0.05) is 12.6 Å². The number of alkyl halides is 3. The minimum atomic E-state index is -4.80. The van der Waals surface area contributed by atoms with Crippen LogP contribution in [0.2, 0.25) is 0 Å². The molecule has 0 radical (unpaired) electrons. The Bertz CT molecular complexity index is 1090. The topological polar surface area (TPSA) is 86.2 Å². The molecule has 1 aliphatic heterocycles. The van der Waals surface area contributed by atoms with Crippen LogP contribution in [0.1, 0.15) is 30.7 Å². The summed E-state index contributed by atoms with van der Waals surface area (Å²) in [5.74, 6) is -1.31. The van der Waals surface area contributed by atoms with E-state index in [9.17, 15) is 22.4 Å². The van der Waals surface area contributed by atoms with Gasteiger partial charge in [-0.2, -0.15) is 18.4 Å². The highest BCUT2D eigenvalue weighted by Crippen LogP contribution is 2.39. The highest BCUT2D eigenvalue weighted by atomic mass is 32.1. The van der Waals surface area contributed by atoms with E-state index in [1.54, 1.807) is 0 Å². The molecular formula is C19H15F4N5OS. The van der Waals surface area contributed by atoms with Gasteiger partial charge < -0.3 is 10.6 Å². The Morgan fingerprint density at radius 3 is 2.47 bits per heavy atom. The number of carbonyl (C=O) groups is 1. The molecule has 156 valence electrons. The molecule has 1 saturated heterocycles. The zero-order valence-corrected chi connectivity index (χ0v) is 16.6. The molecule has 0 unspecified atom stereocenters. The van der Waals surface area contributed by atoms with Crippen molar-refractivity contribution in [1.29, 1.82) is 5.26 Å². The van der Waals surface area contributed by atoms with Crippen molar-refractivity contribution in [3.8, 4) is 6.07 Å². The molecular weight excluding hydrogens is 422 g/mol. The molecule has 1 fully saturated rings. The van der Waals surface area contributed by atoms with E-state index in [-0.39, 0.29) is 28.7 Å². The third kappa shape index (κ3) is 3.38. The van der Waals surface area contributed by atoms with Crippen LogP contribution >= 0.6 is 12.2 Å². The molecule has 11 heteroatoms. The van der Waals surface area contributed by atoms with Gasteiger partial charge in [0.15, 0.2) is 5.11 Å². The first kappa shape index (κ1) is 21.6. The van der Waals surface area contributed by atoms with Crippen LogP contribution < -0.4 is 15.5 Å². The summed E-state index contributed by atoms with van der Waals surface area (Å²) in [5.41, 5.74) is 2.33. The molecule has 0 aliphatic carbocycles. The van der Waals surface area contributed by atoms with E-state index in [1.165, 1.54) is 37.1 Å². The molecule has 2 aromatic rings. The Kier molecular flexibility index (Phi) is 5.26. The second kappa shape index (κ2) is 7.30. The minimum absolute atomic E-state index is 0.0202. The predicted octanol–water partition coefficient (Wildman–Crippen LogP) is 3.49. The lowest BCUT2D eigenvalue weighted by atomic mass is 10.0. The van der Waals surface area contributed by atoms with Crippen LogP contribution in [0, 0.1) is 17.1 Å². The van der Waals surface area contributed by atoms with Crippen LogP contribution in [0.25, 0.3) is 0 Å². The normalized spacial score (nSPS) is 16.2. The molecule has 2 N–H and O–H groups in total. The molecule has 1 aliphatic rings. The van der Waals surface area contributed by atoms with Crippen molar-refractivity contribution in [2.24, 2.45) is 5.73 Å². The number of halogens is 4. The number of thiocarbonyl (C=S) groups is 1. The molecule has 0 saturated carbocycles. The molecule has 1 aromatic carbocycles.